The molecule has 4 heteroatoms. The zero-order valence-corrected chi connectivity index (χ0v) is 16.2. The van der Waals surface area contributed by atoms with Gasteiger partial charge in [-0.25, -0.2) is 0 Å². The number of phenolic OH excluding ortho intramolecular Hbond substituents is 2. The summed E-state index contributed by atoms with van der Waals surface area (Å²) in [6, 6.07) is 23.4. The van der Waals surface area contributed by atoms with Crippen molar-refractivity contribution in [2.75, 3.05) is 0 Å². The molecule has 0 spiro atoms. The molecule has 5 rings (SSSR count). The van der Waals surface area contributed by atoms with Gasteiger partial charge in [0.1, 0.15) is 11.4 Å². The van der Waals surface area contributed by atoms with Crippen LogP contribution in [-0.4, -0.2) is 10.2 Å². The second kappa shape index (κ2) is 6.17. The van der Waals surface area contributed by atoms with Crippen LogP contribution in [0.15, 0.2) is 83.0 Å². The van der Waals surface area contributed by atoms with Crippen molar-refractivity contribution < 1.29 is 10.2 Å². The molecule has 1 aliphatic heterocycles. The molecular formula is C25H20N2O2. The monoisotopic (exact) mass is 380 g/mol. The number of nitrogens with zero attached hydrogens (tertiary/aromatic N) is 2. The molecule has 0 aromatic heterocycles. The molecule has 142 valence electrons. The third kappa shape index (κ3) is 2.39. The van der Waals surface area contributed by atoms with Crippen LogP contribution in [0.4, 0.5) is 5.69 Å². The van der Waals surface area contributed by atoms with Crippen LogP contribution in [0.3, 0.4) is 0 Å². The summed E-state index contributed by atoms with van der Waals surface area (Å²) in [5, 5.41) is 32.5. The molecule has 0 atom stereocenters. The first-order valence-electron chi connectivity index (χ1n) is 9.56. The minimum Gasteiger partial charge on any atom is -0.507 e. The summed E-state index contributed by atoms with van der Waals surface area (Å²) in [7, 11) is 0. The van der Waals surface area contributed by atoms with Crippen LogP contribution in [0.25, 0.3) is 10.8 Å². The lowest BCUT2D eigenvalue weighted by molar-refractivity contribution is 0.458. The largest absolute Gasteiger partial charge is 0.507 e. The van der Waals surface area contributed by atoms with Gasteiger partial charge in [-0.15, -0.1) is 5.11 Å². The zero-order valence-electron chi connectivity index (χ0n) is 16.2. The van der Waals surface area contributed by atoms with Crippen LogP contribution < -0.4 is 0 Å². The van der Waals surface area contributed by atoms with Crippen molar-refractivity contribution in [3.05, 3.63) is 101 Å². The lowest BCUT2D eigenvalue weighted by Gasteiger charge is -2.29. The maximum absolute atomic E-state index is 11.3. The quantitative estimate of drug-likeness (QED) is 0.403. The predicted octanol–water partition coefficient (Wildman–Crippen LogP) is 6.26. The van der Waals surface area contributed by atoms with Gasteiger partial charge in [0.05, 0.1) is 5.56 Å². The van der Waals surface area contributed by atoms with Crippen molar-refractivity contribution in [3.8, 4) is 11.5 Å². The van der Waals surface area contributed by atoms with Crippen molar-refractivity contribution >= 4 is 16.5 Å². The highest BCUT2D eigenvalue weighted by atomic mass is 16.3. The number of rotatable bonds is 2. The molecule has 1 aliphatic rings. The summed E-state index contributed by atoms with van der Waals surface area (Å²) in [5.74, 6) is 0.137. The molecule has 0 bridgehead atoms. The fourth-order valence-corrected chi connectivity index (χ4v) is 4.16. The van der Waals surface area contributed by atoms with E-state index in [9.17, 15) is 10.2 Å². The highest BCUT2D eigenvalue weighted by Gasteiger charge is 2.46. The lowest BCUT2D eigenvalue weighted by Crippen LogP contribution is -2.25. The van der Waals surface area contributed by atoms with E-state index in [2.05, 4.69) is 10.2 Å². The average Bonchev–Trinajstić information content (AvgIpc) is 3.15. The van der Waals surface area contributed by atoms with E-state index < -0.39 is 5.54 Å². The smallest absolute Gasteiger partial charge is 0.163 e. The van der Waals surface area contributed by atoms with Gasteiger partial charge >= 0.3 is 0 Å². The van der Waals surface area contributed by atoms with E-state index in [1.54, 1.807) is 12.1 Å². The van der Waals surface area contributed by atoms with Crippen molar-refractivity contribution in [2.45, 2.75) is 19.4 Å². The molecule has 4 nitrogen and oxygen atoms in total. The second-order valence-corrected chi connectivity index (χ2v) is 7.61. The van der Waals surface area contributed by atoms with E-state index in [0.717, 1.165) is 22.3 Å². The Morgan fingerprint density at radius 3 is 1.66 bits per heavy atom. The molecule has 0 fully saturated rings. The Morgan fingerprint density at radius 1 is 0.655 bits per heavy atom. The van der Waals surface area contributed by atoms with Crippen LogP contribution in [0.1, 0.15) is 27.8 Å². The SMILES string of the molecule is Cc1ccc(C2(c3ccc(C)cc3)N=Nc3c2c(O)c2ccccc2c3O)cc1. The lowest BCUT2D eigenvalue weighted by atomic mass is 9.76. The Kier molecular flexibility index (Phi) is 3.71. The first-order chi connectivity index (χ1) is 14.0. The molecule has 0 amide bonds. The fraction of sp³-hybridized carbons (Fsp3) is 0.120. The normalized spacial score (nSPS) is 14.3. The van der Waals surface area contributed by atoms with E-state index in [-0.39, 0.29) is 11.5 Å². The van der Waals surface area contributed by atoms with Crippen LogP contribution >= 0.6 is 0 Å². The van der Waals surface area contributed by atoms with Crippen LogP contribution in [-0.2, 0) is 5.54 Å². The van der Waals surface area contributed by atoms with E-state index in [1.807, 2.05) is 74.5 Å². The summed E-state index contributed by atoms with van der Waals surface area (Å²) in [6.07, 6.45) is 0. The predicted molar refractivity (Wildman–Crippen MR) is 114 cm³/mol. The molecule has 0 saturated carbocycles. The van der Waals surface area contributed by atoms with Crippen molar-refractivity contribution in [2.24, 2.45) is 10.2 Å². The van der Waals surface area contributed by atoms with Crippen LogP contribution in [0, 0.1) is 13.8 Å². The molecule has 0 aliphatic carbocycles. The van der Waals surface area contributed by atoms with Gasteiger partial charge in [0.2, 0.25) is 0 Å². The fourth-order valence-electron chi connectivity index (χ4n) is 4.16. The third-order valence-corrected chi connectivity index (χ3v) is 5.74. The standard InChI is InChI=1S/C25H20N2O2/c1-15-7-11-17(12-8-15)25(18-13-9-16(2)10-14-18)21-22(26-27-25)24(29)20-6-4-3-5-19(20)23(21)28/h3-14,28-29H,1-2H3. The van der Waals surface area contributed by atoms with E-state index in [0.29, 0.717) is 22.0 Å². The molecular weight excluding hydrogens is 360 g/mol. The number of hydrogen-bond donors (Lipinski definition) is 2. The Labute approximate surface area is 168 Å². The number of phenols is 2. The van der Waals surface area contributed by atoms with Gasteiger partial charge in [0.15, 0.2) is 11.3 Å². The topological polar surface area (TPSA) is 65.2 Å². The van der Waals surface area contributed by atoms with Gasteiger partial charge in [0.25, 0.3) is 0 Å². The number of aryl methyl sites for hydroxylation is 2. The summed E-state index contributed by atoms with van der Waals surface area (Å²) in [6.45, 7) is 4.06. The molecule has 0 unspecified atom stereocenters. The average molecular weight is 380 g/mol. The number of aromatic hydroxyl groups is 2. The first-order valence-corrected chi connectivity index (χ1v) is 9.56. The highest BCUT2D eigenvalue weighted by molar-refractivity contribution is 6.00. The maximum Gasteiger partial charge on any atom is 0.163 e. The van der Waals surface area contributed by atoms with Crippen molar-refractivity contribution in [1.82, 2.24) is 0 Å². The van der Waals surface area contributed by atoms with Gasteiger partial charge in [-0.3, -0.25) is 0 Å². The second-order valence-electron chi connectivity index (χ2n) is 7.61. The summed E-state index contributed by atoms with van der Waals surface area (Å²) in [5.41, 5.74) is 3.85. The molecule has 0 saturated heterocycles. The van der Waals surface area contributed by atoms with E-state index in [1.165, 1.54) is 0 Å². The first kappa shape index (κ1) is 17.4. The molecule has 29 heavy (non-hydrogen) atoms. The third-order valence-electron chi connectivity index (χ3n) is 5.74. The summed E-state index contributed by atoms with van der Waals surface area (Å²) < 4.78 is 0. The van der Waals surface area contributed by atoms with Crippen LogP contribution in [0.5, 0.6) is 11.5 Å². The Hall–Kier alpha value is -3.66. The summed E-state index contributed by atoms with van der Waals surface area (Å²) in [4.78, 5) is 0. The maximum atomic E-state index is 11.3. The summed E-state index contributed by atoms with van der Waals surface area (Å²) >= 11 is 0. The van der Waals surface area contributed by atoms with Gasteiger partial charge < -0.3 is 10.2 Å². The van der Waals surface area contributed by atoms with Crippen molar-refractivity contribution in [1.29, 1.82) is 0 Å². The Bertz CT molecular complexity index is 1230. The zero-order chi connectivity index (χ0) is 20.2. The molecule has 4 aromatic rings. The molecule has 2 N–H and O–H groups in total. The number of benzene rings is 4. The van der Waals surface area contributed by atoms with Gasteiger partial charge in [0, 0.05) is 10.8 Å². The molecule has 4 aromatic carbocycles. The Morgan fingerprint density at radius 2 is 1.14 bits per heavy atom. The van der Waals surface area contributed by atoms with E-state index >= 15 is 0 Å². The minimum atomic E-state index is -1.03. The highest BCUT2D eigenvalue weighted by Crippen LogP contribution is 2.58. The number of azo groups is 1. The van der Waals surface area contributed by atoms with Gasteiger partial charge in [-0.2, -0.15) is 5.11 Å². The van der Waals surface area contributed by atoms with Gasteiger partial charge in [-0.1, -0.05) is 83.9 Å². The Balaban J connectivity index is 1.92. The molecule has 1 heterocycles. The van der Waals surface area contributed by atoms with Crippen molar-refractivity contribution in [3.63, 3.8) is 0 Å². The number of fused-ring (bicyclic) bond motifs is 2. The van der Waals surface area contributed by atoms with E-state index in [4.69, 9.17) is 0 Å². The van der Waals surface area contributed by atoms with Crippen LogP contribution in [0.2, 0.25) is 0 Å². The molecule has 0 radical (unpaired) electrons. The van der Waals surface area contributed by atoms with Gasteiger partial charge in [-0.05, 0) is 25.0 Å². The number of hydrogen-bond acceptors (Lipinski definition) is 4. The minimum absolute atomic E-state index is 0.0400.